The molecule has 9 heteroatoms. The summed E-state index contributed by atoms with van der Waals surface area (Å²) in [5, 5.41) is 0. The van der Waals surface area contributed by atoms with E-state index in [1.165, 1.54) is 0 Å². The van der Waals surface area contributed by atoms with Gasteiger partial charge in [-0.25, -0.2) is 4.79 Å². The van der Waals surface area contributed by atoms with E-state index in [9.17, 15) is 0 Å². The molecule has 0 unspecified atom stereocenters. The van der Waals surface area contributed by atoms with Crippen molar-refractivity contribution in [3.63, 3.8) is 0 Å². The van der Waals surface area contributed by atoms with Crippen molar-refractivity contribution >= 4 is 17.4 Å². The average Bonchev–Trinajstić information content (AvgIpc) is 1.25. The van der Waals surface area contributed by atoms with Crippen LogP contribution in [-0.4, -0.2) is 19.3 Å². The Balaban J connectivity index is -0.0000000300. The quantitative estimate of drug-likeness (QED) is 0.287. The fourth-order valence-electron chi connectivity index (χ4n) is 0. The van der Waals surface area contributed by atoms with Crippen LogP contribution in [0.5, 0.6) is 0 Å². The molecule has 0 aromatic carbocycles. The Morgan fingerprint density at radius 3 is 1.20 bits per heavy atom. The van der Waals surface area contributed by atoms with Crippen LogP contribution in [0, 0.1) is 0 Å². The molecule has 4 N–H and O–H groups in total. The molecule has 0 aliphatic carbocycles. The molecule has 2 amide bonds. The van der Waals surface area contributed by atoms with Gasteiger partial charge in [-0.3, -0.25) is 4.21 Å². The summed E-state index contributed by atoms with van der Waals surface area (Å²) in [6.07, 6.45) is 0. The van der Waals surface area contributed by atoms with E-state index >= 15 is 0 Å². The number of nitrogens with two attached hydrogens (primary N) is 2. The van der Waals surface area contributed by atoms with Gasteiger partial charge in [-0.15, -0.1) is 11.4 Å². The third kappa shape index (κ3) is 362. The standard InChI is InChI=1S/CH4N2O.2Na.H2O3S/c2-1(3)4;;;1-4(2)3/h(H4,2,3,4);;;(H2,1,2,3)/q;2*+1;/p-2. The van der Waals surface area contributed by atoms with E-state index in [4.69, 9.17) is 18.1 Å². The number of hydrogen-bond acceptors (Lipinski definition) is 4. The molecular weight excluding hydrogens is 182 g/mol. The molecular formula is CH4N2Na2O4S. The molecule has 0 rings (SSSR count). The Morgan fingerprint density at radius 1 is 1.20 bits per heavy atom. The van der Waals surface area contributed by atoms with Crippen LogP contribution in [0.1, 0.15) is 0 Å². The van der Waals surface area contributed by atoms with E-state index in [1.54, 1.807) is 0 Å². The molecule has 0 aromatic heterocycles. The first kappa shape index (κ1) is 22.5. The van der Waals surface area contributed by atoms with Gasteiger partial charge in [0.15, 0.2) is 0 Å². The van der Waals surface area contributed by atoms with E-state index in [2.05, 4.69) is 11.5 Å². The Hall–Kier alpha value is 1.34. The van der Waals surface area contributed by atoms with Crippen molar-refractivity contribution in [1.82, 2.24) is 0 Å². The minimum absolute atomic E-state index is 0. The molecule has 0 aliphatic heterocycles. The third-order valence-electron chi connectivity index (χ3n) is 0. The van der Waals surface area contributed by atoms with Gasteiger partial charge in [0.05, 0.1) is 0 Å². The van der Waals surface area contributed by atoms with Crippen LogP contribution in [0.3, 0.4) is 0 Å². The number of urea groups is 1. The minimum atomic E-state index is -3.11. The van der Waals surface area contributed by atoms with E-state index in [0.29, 0.717) is 0 Å². The second-order valence-electron chi connectivity index (χ2n) is 0.606. The number of rotatable bonds is 0. The zero-order chi connectivity index (χ0) is 7.15. The second-order valence-corrected chi connectivity index (χ2v) is 1.01. The summed E-state index contributed by atoms with van der Waals surface area (Å²) in [5.41, 5.74) is 8.50. The molecule has 6 nitrogen and oxygen atoms in total. The molecule has 50 valence electrons. The first-order valence-electron chi connectivity index (χ1n) is 1.28. The van der Waals surface area contributed by atoms with E-state index < -0.39 is 17.4 Å². The molecule has 0 spiro atoms. The van der Waals surface area contributed by atoms with Gasteiger partial charge in [0, 0.05) is 0 Å². The average molecular weight is 186 g/mol. The molecule has 0 aliphatic rings. The summed E-state index contributed by atoms with van der Waals surface area (Å²) in [4.78, 5) is 9.00. The number of amides is 2. The van der Waals surface area contributed by atoms with E-state index in [0.717, 1.165) is 0 Å². The van der Waals surface area contributed by atoms with Crippen molar-refractivity contribution in [1.29, 1.82) is 0 Å². The Morgan fingerprint density at radius 2 is 1.20 bits per heavy atom. The largest absolute Gasteiger partial charge is 1.00 e. The maximum Gasteiger partial charge on any atom is 1.00 e. The molecule has 0 saturated carbocycles. The minimum Gasteiger partial charge on any atom is -0.784 e. The predicted octanol–water partition coefficient (Wildman–Crippen LogP) is -7.97. The third-order valence-corrected chi connectivity index (χ3v) is 0. The van der Waals surface area contributed by atoms with Crippen molar-refractivity contribution in [3.05, 3.63) is 0 Å². The van der Waals surface area contributed by atoms with Gasteiger partial charge in [-0.05, 0) is 0 Å². The summed E-state index contributed by atoms with van der Waals surface area (Å²) in [7, 11) is 0. The summed E-state index contributed by atoms with van der Waals surface area (Å²) in [6, 6.07) is -0.833. The van der Waals surface area contributed by atoms with Crippen molar-refractivity contribution in [2.75, 3.05) is 0 Å². The van der Waals surface area contributed by atoms with Crippen LogP contribution in [0.25, 0.3) is 0 Å². The van der Waals surface area contributed by atoms with E-state index in [-0.39, 0.29) is 59.1 Å². The molecule has 0 fully saturated rings. The van der Waals surface area contributed by atoms with Crippen LogP contribution < -0.4 is 70.6 Å². The summed E-state index contributed by atoms with van der Waals surface area (Å²) < 4.78 is 25.3. The summed E-state index contributed by atoms with van der Waals surface area (Å²) >= 11 is -3.11. The van der Waals surface area contributed by atoms with Crippen LogP contribution in [0.2, 0.25) is 0 Å². The maximum absolute atomic E-state index is 9.00. The smallest absolute Gasteiger partial charge is 0.784 e. The van der Waals surface area contributed by atoms with Crippen LogP contribution in [0.15, 0.2) is 0 Å². The molecule has 0 atom stereocenters. The maximum atomic E-state index is 9.00. The number of primary amides is 2. The SMILES string of the molecule is NC(N)=O.O=S([O-])[O-].[Na+].[Na+]. The first-order chi connectivity index (χ1) is 3.46. The van der Waals surface area contributed by atoms with Crippen molar-refractivity contribution < 1.29 is 77.2 Å². The van der Waals surface area contributed by atoms with E-state index in [1.807, 2.05) is 0 Å². The van der Waals surface area contributed by atoms with Gasteiger partial charge in [0.2, 0.25) is 0 Å². The fourth-order valence-corrected chi connectivity index (χ4v) is 0. The number of hydrogen-bond donors (Lipinski definition) is 2. The van der Waals surface area contributed by atoms with Crippen molar-refractivity contribution in [2.45, 2.75) is 0 Å². The molecule has 0 bridgehead atoms. The van der Waals surface area contributed by atoms with Crippen LogP contribution >= 0.6 is 0 Å². The van der Waals surface area contributed by atoms with Crippen LogP contribution in [-0.2, 0) is 11.4 Å². The zero-order valence-corrected chi connectivity index (χ0v) is 10.5. The number of carbonyl (C=O) groups excluding carboxylic acids is 1. The predicted molar refractivity (Wildman–Crippen MR) is 23.5 cm³/mol. The monoisotopic (exact) mass is 186 g/mol. The van der Waals surface area contributed by atoms with Gasteiger partial charge >= 0.3 is 65.1 Å². The van der Waals surface area contributed by atoms with Crippen molar-refractivity contribution in [3.8, 4) is 0 Å². The van der Waals surface area contributed by atoms with Crippen LogP contribution in [0.4, 0.5) is 4.79 Å². The van der Waals surface area contributed by atoms with Gasteiger partial charge in [0.1, 0.15) is 0 Å². The first-order valence-corrected chi connectivity index (χ1v) is 2.28. The normalized spacial score (nSPS) is 5.90. The van der Waals surface area contributed by atoms with Gasteiger partial charge < -0.3 is 20.6 Å². The summed E-state index contributed by atoms with van der Waals surface area (Å²) in [6.45, 7) is 0. The van der Waals surface area contributed by atoms with Gasteiger partial charge in [-0.1, -0.05) is 0 Å². The Labute approximate surface area is 105 Å². The Bertz CT molecular complexity index is 79.3. The van der Waals surface area contributed by atoms with Gasteiger partial charge in [-0.2, -0.15) is 0 Å². The Kier molecular flexibility index (Phi) is 37.7. The molecule has 0 heterocycles. The second kappa shape index (κ2) is 16.7. The molecule has 0 saturated heterocycles. The molecule has 10 heavy (non-hydrogen) atoms. The summed E-state index contributed by atoms with van der Waals surface area (Å²) in [5.74, 6) is 0. The van der Waals surface area contributed by atoms with Gasteiger partial charge in [0.25, 0.3) is 0 Å². The molecule has 0 radical (unpaired) electrons. The number of carbonyl (C=O) groups is 1. The fraction of sp³-hybridized carbons (Fsp3) is 0. The van der Waals surface area contributed by atoms with Crippen molar-refractivity contribution in [2.24, 2.45) is 11.5 Å². The molecule has 0 aromatic rings. The zero-order valence-electron chi connectivity index (χ0n) is 5.70. The topological polar surface area (TPSA) is 132 Å².